The Morgan fingerprint density at radius 2 is 1.74 bits per heavy atom. The Morgan fingerprint density at radius 3 is 2.39 bits per heavy atom. The van der Waals surface area contributed by atoms with Crippen molar-refractivity contribution >= 4 is 35.4 Å². The van der Waals surface area contributed by atoms with E-state index in [4.69, 9.17) is 4.74 Å². The molecule has 0 aromatic heterocycles. The molecule has 7 atom stereocenters. The summed E-state index contributed by atoms with van der Waals surface area (Å²) in [6.07, 6.45) is 11.8. The van der Waals surface area contributed by atoms with E-state index in [1.54, 1.807) is 78.2 Å². The number of benzene rings is 1. The molecule has 57 heavy (non-hydrogen) atoms. The molecule has 312 valence electrons. The van der Waals surface area contributed by atoms with Crippen LogP contribution in [0, 0.1) is 17.8 Å². The summed E-state index contributed by atoms with van der Waals surface area (Å²) in [6.45, 7) is 8.73. The van der Waals surface area contributed by atoms with Crippen molar-refractivity contribution in [3.8, 4) is 5.75 Å². The minimum atomic E-state index is -1.18. The summed E-state index contributed by atoms with van der Waals surface area (Å²) < 4.78 is 6.03. The second-order valence-corrected chi connectivity index (χ2v) is 15.6. The highest BCUT2D eigenvalue weighted by molar-refractivity contribution is 5.93. The van der Waals surface area contributed by atoms with Gasteiger partial charge in [-0.1, -0.05) is 69.4 Å². The van der Waals surface area contributed by atoms with E-state index in [9.17, 15) is 39.0 Å². The minimum absolute atomic E-state index is 0.0156. The first-order valence-corrected chi connectivity index (χ1v) is 19.7. The molecule has 2 aliphatic rings. The molecule has 14 nitrogen and oxygen atoms in total. The van der Waals surface area contributed by atoms with Crippen molar-refractivity contribution in [3.63, 3.8) is 0 Å². The molecule has 5 N–H and O–H groups in total. The zero-order valence-corrected chi connectivity index (χ0v) is 34.3. The predicted molar refractivity (Wildman–Crippen MR) is 216 cm³/mol. The number of cyclic esters (lactones) is 1. The lowest BCUT2D eigenvalue weighted by Crippen LogP contribution is -2.62. The molecule has 1 saturated heterocycles. The first-order valence-electron chi connectivity index (χ1n) is 19.7. The molecule has 1 aromatic rings. The first-order chi connectivity index (χ1) is 27.0. The Balaban J connectivity index is 2.05. The fourth-order valence-corrected chi connectivity index (χ4v) is 6.57. The molecule has 0 radical (unpaired) electrons. The molecule has 3 rings (SSSR count). The highest BCUT2D eigenvalue weighted by atomic mass is 16.5. The Hall–Kier alpha value is -5.08. The number of phenols is 1. The lowest BCUT2D eigenvalue weighted by molar-refractivity contribution is -0.156. The number of Topliss-reactive ketones (excluding diaryl/α,β-unsaturated/α-hetero) is 1. The number of aliphatic hydroxyl groups excluding tert-OH is 1. The van der Waals surface area contributed by atoms with E-state index in [1.165, 1.54) is 35.0 Å². The van der Waals surface area contributed by atoms with Gasteiger partial charge in [-0.2, -0.15) is 0 Å². The number of hydrogen-bond acceptors (Lipinski definition) is 10. The van der Waals surface area contributed by atoms with Crippen LogP contribution in [0.3, 0.4) is 0 Å². The number of amides is 4. The molecule has 0 spiro atoms. The van der Waals surface area contributed by atoms with Gasteiger partial charge in [0.05, 0.1) is 12.0 Å². The van der Waals surface area contributed by atoms with Crippen LogP contribution in [-0.2, 0) is 39.9 Å². The number of fused-ring (bicyclic) bond motifs is 2. The van der Waals surface area contributed by atoms with Gasteiger partial charge in [-0.3, -0.25) is 29.0 Å². The van der Waals surface area contributed by atoms with E-state index in [0.717, 1.165) is 0 Å². The zero-order valence-electron chi connectivity index (χ0n) is 34.3. The van der Waals surface area contributed by atoms with Gasteiger partial charge >= 0.3 is 5.97 Å². The quantitative estimate of drug-likeness (QED) is 0.141. The maximum absolute atomic E-state index is 14.3. The summed E-state index contributed by atoms with van der Waals surface area (Å²) in [7, 11) is 3.28. The third-order valence-electron chi connectivity index (χ3n) is 10.1. The molecule has 0 saturated carbocycles. The number of likely N-dealkylation sites (N-methyl/N-ethyl adjacent to an activating group) is 1. The van der Waals surface area contributed by atoms with E-state index >= 15 is 0 Å². The molecular formula is C43H61N5O9. The van der Waals surface area contributed by atoms with Crippen molar-refractivity contribution in [2.24, 2.45) is 17.8 Å². The number of hydrogen-bond donors (Lipinski definition) is 5. The van der Waals surface area contributed by atoms with Gasteiger partial charge in [0.15, 0.2) is 0 Å². The number of hydrazine groups is 1. The maximum Gasteiger partial charge on any atom is 0.325 e. The zero-order chi connectivity index (χ0) is 42.2. The van der Waals surface area contributed by atoms with E-state index in [2.05, 4.69) is 16.1 Å². The minimum Gasteiger partial charge on any atom is -0.508 e. The number of carbonyl (C=O) groups is 6. The molecular weight excluding hydrogens is 730 g/mol. The van der Waals surface area contributed by atoms with Gasteiger partial charge in [0, 0.05) is 46.0 Å². The highest BCUT2D eigenvalue weighted by Crippen LogP contribution is 2.24. The number of nitrogens with zero attached hydrogens (tertiary/aromatic N) is 2. The van der Waals surface area contributed by atoms with Crippen LogP contribution in [0.15, 0.2) is 72.4 Å². The number of aliphatic hydroxyl groups is 1. The van der Waals surface area contributed by atoms with Crippen LogP contribution in [0.25, 0.3) is 0 Å². The average molecular weight is 792 g/mol. The predicted octanol–water partition coefficient (Wildman–Crippen LogP) is 3.45. The molecule has 2 bridgehead atoms. The number of ketones is 1. The van der Waals surface area contributed by atoms with Crippen LogP contribution in [0.5, 0.6) is 5.75 Å². The smallest absolute Gasteiger partial charge is 0.325 e. The lowest BCUT2D eigenvalue weighted by atomic mass is 9.85. The van der Waals surface area contributed by atoms with Crippen molar-refractivity contribution in [3.05, 3.63) is 77.9 Å². The van der Waals surface area contributed by atoms with Gasteiger partial charge in [-0.25, -0.2) is 5.43 Å². The largest absolute Gasteiger partial charge is 0.508 e. The van der Waals surface area contributed by atoms with Crippen molar-refractivity contribution < 1.29 is 43.7 Å². The van der Waals surface area contributed by atoms with Crippen molar-refractivity contribution in [1.29, 1.82) is 0 Å². The van der Waals surface area contributed by atoms with Crippen molar-refractivity contribution in [2.75, 3.05) is 20.6 Å². The Kier molecular flexibility index (Phi) is 18.4. The van der Waals surface area contributed by atoms with Crippen LogP contribution < -0.4 is 16.1 Å². The number of phenolic OH excluding ortho intramolecular Hbond substituents is 1. The van der Waals surface area contributed by atoms with Gasteiger partial charge in [-0.15, -0.1) is 0 Å². The normalized spacial score (nSPS) is 27.4. The Bertz CT molecular complexity index is 1700. The van der Waals surface area contributed by atoms with Crippen molar-refractivity contribution in [1.82, 2.24) is 26.0 Å². The Morgan fingerprint density at radius 1 is 1.04 bits per heavy atom. The van der Waals surface area contributed by atoms with E-state index < -0.39 is 71.8 Å². The van der Waals surface area contributed by atoms with Crippen LogP contribution in [0.2, 0.25) is 0 Å². The van der Waals surface area contributed by atoms with Gasteiger partial charge in [0.25, 0.3) is 5.91 Å². The Labute approximate surface area is 336 Å². The number of ether oxygens (including phenoxy) is 1. The highest BCUT2D eigenvalue weighted by Gasteiger charge is 2.37. The number of carbonyl (C=O) groups excluding carboxylic acids is 6. The third kappa shape index (κ3) is 14.7. The fraction of sp³-hybridized carbons (Fsp3) is 0.535. The second kappa shape index (κ2) is 22.6. The summed E-state index contributed by atoms with van der Waals surface area (Å²) in [5, 5.41) is 28.5. The molecule has 2 aliphatic heterocycles. The van der Waals surface area contributed by atoms with Crippen molar-refractivity contribution in [2.45, 2.75) is 110 Å². The first kappa shape index (κ1) is 46.3. The molecule has 2 heterocycles. The van der Waals surface area contributed by atoms with E-state index in [0.29, 0.717) is 36.8 Å². The number of esters is 1. The molecule has 1 fully saturated rings. The maximum atomic E-state index is 14.3. The van der Waals surface area contributed by atoms with Gasteiger partial charge in [0.1, 0.15) is 35.8 Å². The van der Waals surface area contributed by atoms with Crippen LogP contribution in [-0.4, -0.2) is 106 Å². The van der Waals surface area contributed by atoms with Gasteiger partial charge in [-0.05, 0) is 74.6 Å². The lowest BCUT2D eigenvalue weighted by Gasteiger charge is -2.36. The number of aromatic hydroxyl groups is 1. The molecule has 1 unspecified atom stereocenters. The van der Waals surface area contributed by atoms with Crippen LogP contribution >= 0.6 is 0 Å². The van der Waals surface area contributed by atoms with Gasteiger partial charge < -0.3 is 35.3 Å². The third-order valence-corrected chi connectivity index (χ3v) is 10.1. The second-order valence-electron chi connectivity index (χ2n) is 15.6. The topological polar surface area (TPSA) is 195 Å². The summed E-state index contributed by atoms with van der Waals surface area (Å²) in [6, 6.07) is 3.13. The van der Waals surface area contributed by atoms with Crippen LogP contribution in [0.1, 0.15) is 78.7 Å². The summed E-state index contributed by atoms with van der Waals surface area (Å²) in [5.41, 5.74) is 4.25. The molecule has 4 amide bonds. The van der Waals surface area contributed by atoms with E-state index in [-0.39, 0.29) is 43.2 Å². The number of allylic oxidation sites excluding steroid dienone is 5. The average Bonchev–Trinajstić information content (AvgIpc) is 3.16. The summed E-state index contributed by atoms with van der Waals surface area (Å²) >= 11 is 0. The molecule has 0 aliphatic carbocycles. The SMILES string of the molecule is CC(=O)CC[C@H]1C(=O)N[C@@H](C(C)C)C(=O)N[C@@H](Cc2cccc(O)c2)C(=O)N2CCCC(N2)C(=O)O[C@H](/C(C)=C/C=C/C(=O)N(C)C)C/C=C/C=C/C[C@H](C)[C@H]1O. The summed E-state index contributed by atoms with van der Waals surface area (Å²) in [5.74, 6) is -4.54. The fourth-order valence-electron chi connectivity index (χ4n) is 6.57. The molecule has 14 heteroatoms. The number of nitrogens with one attached hydrogen (secondary N) is 3. The molecule has 1 aromatic carbocycles. The van der Waals surface area contributed by atoms with Gasteiger partial charge in [0.2, 0.25) is 17.7 Å². The monoisotopic (exact) mass is 791 g/mol. The number of rotatable bonds is 9. The summed E-state index contributed by atoms with van der Waals surface area (Å²) in [4.78, 5) is 81.4. The van der Waals surface area contributed by atoms with E-state index in [1.807, 2.05) is 12.2 Å². The standard InChI is InChI=1S/C43H61N5O9/c1-27(2)38-41(54)44-35(26-31-17-13-18-32(50)25-31)42(55)48-24-14-19-34(46-48)43(56)57-36(28(3)16-12-21-37(51)47(6)7)20-11-9-8-10-15-29(4)39(52)33(40(53)45-38)23-22-30(5)49/h8-13,16-18,21,25,27,29,33-36,38-39,46,50,52H,14-15,19-20,22-24,26H2,1-7H3,(H,44,54)(H,45,53)/b10-8+,11-9+,21-12+,28-16+/t29-,33+,34?,35-,36-,38-,39+/m0/s1. The van der Waals surface area contributed by atoms with Crippen LogP contribution in [0.4, 0.5) is 0 Å².